The molecule has 29 heavy (non-hydrogen) atoms. The van der Waals surface area contributed by atoms with Crippen LogP contribution in [0.15, 0.2) is 53.4 Å². The average molecular weight is 417 g/mol. The molecule has 2 aromatic carbocycles. The first kappa shape index (κ1) is 21.3. The number of ether oxygens (including phenoxy) is 1. The molecule has 2 aromatic rings. The minimum atomic E-state index is -3.50. The van der Waals surface area contributed by atoms with Gasteiger partial charge in [-0.2, -0.15) is 4.31 Å². The van der Waals surface area contributed by atoms with Crippen molar-refractivity contribution in [2.75, 3.05) is 26.7 Å². The topological polar surface area (TPSA) is 75.7 Å². The number of hydrogen-bond donors (Lipinski definition) is 1. The number of carbonyl (C=O) groups excluding carboxylic acids is 1. The van der Waals surface area contributed by atoms with Crippen molar-refractivity contribution in [3.8, 4) is 5.75 Å². The zero-order valence-electron chi connectivity index (χ0n) is 16.9. The fraction of sp³-hybridized carbons (Fsp3) is 0.409. The number of amides is 1. The minimum Gasteiger partial charge on any atom is -0.497 e. The van der Waals surface area contributed by atoms with Gasteiger partial charge in [0.25, 0.3) is 5.91 Å². The molecule has 0 atom stereocenters. The zero-order chi connectivity index (χ0) is 20.9. The summed E-state index contributed by atoms with van der Waals surface area (Å²) in [6.45, 7) is 3.75. The molecule has 3 rings (SSSR count). The summed E-state index contributed by atoms with van der Waals surface area (Å²) < 4.78 is 32.2. The maximum atomic E-state index is 12.8. The molecule has 0 aliphatic carbocycles. The van der Waals surface area contributed by atoms with E-state index in [-0.39, 0.29) is 10.8 Å². The molecule has 1 saturated heterocycles. The predicted molar refractivity (Wildman–Crippen MR) is 113 cm³/mol. The molecule has 7 heteroatoms. The zero-order valence-corrected chi connectivity index (χ0v) is 17.7. The van der Waals surface area contributed by atoms with E-state index in [4.69, 9.17) is 4.74 Å². The highest BCUT2D eigenvalue weighted by Gasteiger charge is 2.28. The van der Waals surface area contributed by atoms with Crippen molar-refractivity contribution < 1.29 is 17.9 Å². The van der Waals surface area contributed by atoms with E-state index in [1.165, 1.54) is 16.4 Å². The minimum absolute atomic E-state index is 0.214. The van der Waals surface area contributed by atoms with Crippen LogP contribution in [0.2, 0.25) is 0 Å². The van der Waals surface area contributed by atoms with Crippen LogP contribution in [0.4, 0.5) is 0 Å². The number of nitrogens with one attached hydrogen (secondary N) is 1. The molecule has 0 saturated carbocycles. The molecule has 0 unspecified atom stereocenters. The van der Waals surface area contributed by atoms with Crippen LogP contribution in [0.1, 0.15) is 35.7 Å². The van der Waals surface area contributed by atoms with Crippen molar-refractivity contribution >= 4 is 15.9 Å². The lowest BCUT2D eigenvalue weighted by molar-refractivity contribution is 0.0954. The van der Waals surface area contributed by atoms with E-state index in [0.29, 0.717) is 37.5 Å². The number of nitrogens with zero attached hydrogens (tertiary/aromatic N) is 1. The Kier molecular flexibility index (Phi) is 6.92. The number of rotatable bonds is 7. The molecule has 0 aromatic heterocycles. The Bertz CT molecular complexity index is 916. The van der Waals surface area contributed by atoms with Crippen LogP contribution in [0.5, 0.6) is 5.75 Å². The van der Waals surface area contributed by atoms with Gasteiger partial charge in [0.2, 0.25) is 10.0 Å². The van der Waals surface area contributed by atoms with Crippen LogP contribution in [-0.4, -0.2) is 45.4 Å². The largest absolute Gasteiger partial charge is 0.497 e. The molecule has 0 spiro atoms. The normalized spacial score (nSPS) is 15.8. The third-order valence-electron chi connectivity index (χ3n) is 5.36. The van der Waals surface area contributed by atoms with E-state index in [2.05, 4.69) is 12.2 Å². The Morgan fingerprint density at radius 2 is 1.69 bits per heavy atom. The van der Waals surface area contributed by atoms with Crippen LogP contribution in [0, 0.1) is 5.92 Å². The van der Waals surface area contributed by atoms with Gasteiger partial charge in [0.1, 0.15) is 5.75 Å². The van der Waals surface area contributed by atoms with Crippen molar-refractivity contribution in [1.29, 1.82) is 0 Å². The molecule has 1 aliphatic rings. The molecule has 0 radical (unpaired) electrons. The van der Waals surface area contributed by atoms with Gasteiger partial charge in [0.05, 0.1) is 12.0 Å². The molecule has 0 bridgehead atoms. The van der Waals surface area contributed by atoms with E-state index < -0.39 is 10.0 Å². The van der Waals surface area contributed by atoms with E-state index in [1.807, 2.05) is 24.3 Å². The lowest BCUT2D eigenvalue weighted by Gasteiger charge is -2.29. The maximum absolute atomic E-state index is 12.8. The number of hydrogen-bond acceptors (Lipinski definition) is 4. The Labute approximate surface area is 172 Å². The smallest absolute Gasteiger partial charge is 0.251 e. The second kappa shape index (κ2) is 9.41. The van der Waals surface area contributed by atoms with E-state index >= 15 is 0 Å². The van der Waals surface area contributed by atoms with Crippen LogP contribution in [0.3, 0.4) is 0 Å². The summed E-state index contributed by atoms with van der Waals surface area (Å²) in [6.07, 6.45) is 2.47. The number of piperidine rings is 1. The van der Waals surface area contributed by atoms with Gasteiger partial charge in [-0.05, 0) is 67.1 Å². The van der Waals surface area contributed by atoms with Crippen LogP contribution in [-0.2, 0) is 16.4 Å². The van der Waals surface area contributed by atoms with E-state index in [0.717, 1.165) is 24.2 Å². The van der Waals surface area contributed by atoms with Gasteiger partial charge in [-0.25, -0.2) is 8.42 Å². The van der Waals surface area contributed by atoms with Gasteiger partial charge in [-0.1, -0.05) is 19.1 Å². The highest BCUT2D eigenvalue weighted by molar-refractivity contribution is 7.89. The van der Waals surface area contributed by atoms with Gasteiger partial charge < -0.3 is 10.1 Å². The van der Waals surface area contributed by atoms with Crippen LogP contribution < -0.4 is 10.1 Å². The molecule has 1 fully saturated rings. The monoisotopic (exact) mass is 416 g/mol. The SMILES string of the molecule is COc1ccc(CCNC(=O)c2ccc(S(=O)(=O)N3CCC(C)CC3)cc2)cc1. The summed E-state index contributed by atoms with van der Waals surface area (Å²) in [5.74, 6) is 1.14. The standard InChI is InChI=1S/C22H28N2O4S/c1-17-12-15-24(16-13-17)29(26,27)21-9-5-19(6-10-21)22(25)23-14-11-18-3-7-20(28-2)8-4-18/h3-10,17H,11-16H2,1-2H3,(H,23,25). The third kappa shape index (κ3) is 5.36. The fourth-order valence-electron chi connectivity index (χ4n) is 3.37. The predicted octanol–water partition coefficient (Wildman–Crippen LogP) is 3.09. The second-order valence-corrected chi connectivity index (χ2v) is 9.40. The van der Waals surface area contributed by atoms with Crippen molar-refractivity contribution in [2.24, 2.45) is 5.92 Å². The van der Waals surface area contributed by atoms with Gasteiger partial charge in [-0.3, -0.25) is 4.79 Å². The van der Waals surface area contributed by atoms with Crippen molar-refractivity contribution in [2.45, 2.75) is 31.1 Å². The Hall–Kier alpha value is -2.38. The maximum Gasteiger partial charge on any atom is 0.251 e. The first-order valence-corrected chi connectivity index (χ1v) is 11.4. The van der Waals surface area contributed by atoms with Crippen LogP contribution in [0.25, 0.3) is 0 Å². The lowest BCUT2D eigenvalue weighted by atomic mass is 10.0. The first-order chi connectivity index (χ1) is 13.9. The number of benzene rings is 2. The second-order valence-electron chi connectivity index (χ2n) is 7.46. The first-order valence-electron chi connectivity index (χ1n) is 9.91. The van der Waals surface area contributed by atoms with Crippen molar-refractivity contribution in [1.82, 2.24) is 9.62 Å². The molecule has 1 N–H and O–H groups in total. The number of carbonyl (C=O) groups is 1. The third-order valence-corrected chi connectivity index (χ3v) is 7.27. The van der Waals surface area contributed by atoms with E-state index in [9.17, 15) is 13.2 Å². The summed E-state index contributed by atoms with van der Waals surface area (Å²) in [7, 11) is -1.87. The summed E-state index contributed by atoms with van der Waals surface area (Å²) in [5, 5.41) is 2.87. The summed E-state index contributed by atoms with van der Waals surface area (Å²) in [4.78, 5) is 12.6. The quantitative estimate of drug-likeness (QED) is 0.753. The molecule has 1 heterocycles. The molecule has 1 amide bonds. The molecule has 156 valence electrons. The Balaban J connectivity index is 1.55. The highest BCUT2D eigenvalue weighted by atomic mass is 32.2. The number of sulfonamides is 1. The van der Waals surface area contributed by atoms with Gasteiger partial charge in [-0.15, -0.1) is 0 Å². The van der Waals surface area contributed by atoms with E-state index in [1.54, 1.807) is 19.2 Å². The summed E-state index contributed by atoms with van der Waals surface area (Å²) in [6, 6.07) is 13.9. The average Bonchev–Trinajstić information content (AvgIpc) is 2.74. The number of methoxy groups -OCH3 is 1. The Morgan fingerprint density at radius 1 is 1.07 bits per heavy atom. The van der Waals surface area contributed by atoms with Crippen molar-refractivity contribution in [3.63, 3.8) is 0 Å². The molecule has 6 nitrogen and oxygen atoms in total. The highest BCUT2D eigenvalue weighted by Crippen LogP contribution is 2.23. The lowest BCUT2D eigenvalue weighted by Crippen LogP contribution is -2.37. The summed E-state index contributed by atoms with van der Waals surface area (Å²) >= 11 is 0. The van der Waals surface area contributed by atoms with Crippen LogP contribution >= 0.6 is 0 Å². The van der Waals surface area contributed by atoms with Gasteiger partial charge >= 0.3 is 0 Å². The molecular formula is C22H28N2O4S. The summed E-state index contributed by atoms with van der Waals surface area (Å²) in [5.41, 5.74) is 1.55. The Morgan fingerprint density at radius 3 is 2.28 bits per heavy atom. The van der Waals surface area contributed by atoms with Crippen molar-refractivity contribution in [3.05, 3.63) is 59.7 Å². The fourth-order valence-corrected chi connectivity index (χ4v) is 4.84. The van der Waals surface area contributed by atoms with Gasteiger partial charge in [0, 0.05) is 25.2 Å². The molecular weight excluding hydrogens is 388 g/mol. The van der Waals surface area contributed by atoms with Gasteiger partial charge in [0.15, 0.2) is 0 Å². The molecule has 1 aliphatic heterocycles.